The molecular weight excluding hydrogens is 372 g/mol. The quantitative estimate of drug-likeness (QED) is 0.408. The highest BCUT2D eigenvalue weighted by Crippen LogP contribution is 2.24. The van der Waals surface area contributed by atoms with Crippen LogP contribution >= 0.6 is 11.8 Å². The second-order valence-corrected chi connectivity index (χ2v) is 8.49. The molecule has 0 saturated carbocycles. The Morgan fingerprint density at radius 1 is 1.18 bits per heavy atom. The van der Waals surface area contributed by atoms with E-state index >= 15 is 0 Å². The van der Waals surface area contributed by atoms with E-state index < -0.39 is 0 Å². The van der Waals surface area contributed by atoms with Crippen LogP contribution < -0.4 is 10.6 Å². The van der Waals surface area contributed by atoms with Gasteiger partial charge < -0.3 is 10.6 Å². The lowest BCUT2D eigenvalue weighted by atomic mass is 9.97. The van der Waals surface area contributed by atoms with Crippen molar-refractivity contribution in [3.63, 3.8) is 0 Å². The zero-order valence-corrected chi connectivity index (χ0v) is 18.6. The fourth-order valence-corrected chi connectivity index (χ4v) is 3.77. The summed E-state index contributed by atoms with van der Waals surface area (Å²) in [4.78, 5) is 21.8. The third-order valence-corrected chi connectivity index (χ3v) is 5.17. The third kappa shape index (κ3) is 6.09. The predicted octanol–water partition coefficient (Wildman–Crippen LogP) is 4.09. The first-order valence-electron chi connectivity index (χ1n) is 10.4. The highest BCUT2D eigenvalue weighted by molar-refractivity contribution is 7.99. The number of nitrogens with zero attached hydrogens (tertiary/aromatic N) is 4. The summed E-state index contributed by atoms with van der Waals surface area (Å²) in [6.45, 7) is 11.7. The lowest BCUT2D eigenvalue weighted by Gasteiger charge is -2.15. The van der Waals surface area contributed by atoms with Crippen LogP contribution in [-0.2, 0) is 11.3 Å². The third-order valence-electron chi connectivity index (χ3n) is 4.44. The van der Waals surface area contributed by atoms with Crippen LogP contribution in [0.3, 0.4) is 0 Å². The molecule has 0 bridgehead atoms. The summed E-state index contributed by atoms with van der Waals surface area (Å²) in [5.41, 5.74) is 0.807. The average molecular weight is 407 g/mol. The molecule has 0 aliphatic carbocycles. The second-order valence-electron chi connectivity index (χ2n) is 7.26. The van der Waals surface area contributed by atoms with Gasteiger partial charge in [0.2, 0.25) is 5.91 Å². The van der Waals surface area contributed by atoms with E-state index in [1.807, 2.05) is 4.68 Å². The fraction of sp³-hybridized carbons (Fsp3) is 0.700. The molecule has 2 aromatic rings. The van der Waals surface area contributed by atoms with Gasteiger partial charge in [-0.25, -0.2) is 14.6 Å². The number of anilines is 1. The van der Waals surface area contributed by atoms with E-state index in [0.717, 1.165) is 53.4 Å². The molecule has 0 aromatic carbocycles. The summed E-state index contributed by atoms with van der Waals surface area (Å²) in [7, 11) is 0. The number of carbonyl (C=O) groups is 1. The molecule has 1 amide bonds. The van der Waals surface area contributed by atoms with Crippen LogP contribution in [0.1, 0.15) is 60.3 Å². The predicted molar refractivity (Wildman–Crippen MR) is 117 cm³/mol. The number of fused-ring (bicyclic) bond motifs is 1. The molecule has 156 valence electrons. The number of thioether (sulfide) groups is 1. The van der Waals surface area contributed by atoms with Crippen molar-refractivity contribution in [2.75, 3.05) is 17.6 Å². The van der Waals surface area contributed by atoms with Crippen LogP contribution in [0.4, 0.5) is 5.82 Å². The molecule has 0 atom stereocenters. The van der Waals surface area contributed by atoms with Crippen LogP contribution in [0.2, 0.25) is 0 Å². The number of hydrogen-bond donors (Lipinski definition) is 2. The fourth-order valence-electron chi connectivity index (χ4n) is 3.21. The van der Waals surface area contributed by atoms with E-state index in [9.17, 15) is 4.79 Å². The molecule has 2 rings (SSSR count). The van der Waals surface area contributed by atoms with Crippen LogP contribution in [0.25, 0.3) is 11.0 Å². The van der Waals surface area contributed by atoms with Gasteiger partial charge in [0.1, 0.15) is 5.82 Å². The Morgan fingerprint density at radius 2 is 1.89 bits per heavy atom. The van der Waals surface area contributed by atoms with Crippen molar-refractivity contribution in [2.24, 2.45) is 5.92 Å². The van der Waals surface area contributed by atoms with Gasteiger partial charge in [0.15, 0.2) is 10.8 Å². The summed E-state index contributed by atoms with van der Waals surface area (Å²) in [6, 6.07) is 0.272. The number of rotatable bonds is 12. The van der Waals surface area contributed by atoms with Gasteiger partial charge in [-0.3, -0.25) is 4.79 Å². The molecule has 2 heterocycles. The van der Waals surface area contributed by atoms with Crippen molar-refractivity contribution in [1.29, 1.82) is 0 Å². The minimum atomic E-state index is 0.112. The Morgan fingerprint density at radius 3 is 2.50 bits per heavy atom. The minimum absolute atomic E-state index is 0.112. The van der Waals surface area contributed by atoms with Crippen LogP contribution in [-0.4, -0.2) is 44.0 Å². The lowest BCUT2D eigenvalue weighted by molar-refractivity contribution is -0.125. The standard InChI is InChI=1S/C20H34N6OS/c1-6-9-15(10-7-2)19(27)21-11-12-26-18-16(13-22-26)17(23-14(4)5)24-20(25-18)28-8-3/h13-15H,6-12H2,1-5H3,(H,21,27)(H,23,24,25). The van der Waals surface area contributed by atoms with Crippen molar-refractivity contribution in [3.8, 4) is 0 Å². The van der Waals surface area contributed by atoms with Crippen molar-refractivity contribution >= 4 is 34.5 Å². The van der Waals surface area contributed by atoms with Gasteiger partial charge in [-0.05, 0) is 32.4 Å². The normalized spacial score (nSPS) is 11.5. The highest BCUT2D eigenvalue weighted by atomic mass is 32.2. The molecule has 2 N–H and O–H groups in total. The first-order valence-corrected chi connectivity index (χ1v) is 11.4. The van der Waals surface area contributed by atoms with Gasteiger partial charge in [0, 0.05) is 18.5 Å². The van der Waals surface area contributed by atoms with Gasteiger partial charge in [-0.15, -0.1) is 0 Å². The molecule has 0 saturated heterocycles. The zero-order chi connectivity index (χ0) is 20.5. The molecule has 2 aromatic heterocycles. The minimum Gasteiger partial charge on any atom is -0.367 e. The van der Waals surface area contributed by atoms with E-state index in [2.05, 4.69) is 60.3 Å². The largest absolute Gasteiger partial charge is 0.367 e. The number of nitrogens with one attached hydrogen (secondary N) is 2. The van der Waals surface area contributed by atoms with Gasteiger partial charge in [-0.1, -0.05) is 45.4 Å². The molecular formula is C20H34N6OS. The number of aromatic nitrogens is 4. The van der Waals surface area contributed by atoms with E-state index in [0.29, 0.717) is 13.1 Å². The Balaban J connectivity index is 2.12. The maximum absolute atomic E-state index is 12.5. The summed E-state index contributed by atoms with van der Waals surface area (Å²) in [5.74, 6) is 1.99. The SMILES string of the molecule is CCCC(CCC)C(=O)NCCn1ncc2c(NC(C)C)nc(SCC)nc21. The molecule has 0 spiro atoms. The average Bonchev–Trinajstić information content (AvgIpc) is 3.04. The molecule has 0 aliphatic rings. The number of carbonyl (C=O) groups excluding carboxylic acids is 1. The van der Waals surface area contributed by atoms with Crippen molar-refractivity contribution in [1.82, 2.24) is 25.1 Å². The highest BCUT2D eigenvalue weighted by Gasteiger charge is 2.17. The summed E-state index contributed by atoms with van der Waals surface area (Å²) in [5, 5.41) is 12.6. The van der Waals surface area contributed by atoms with Crippen LogP contribution in [0, 0.1) is 5.92 Å². The summed E-state index contributed by atoms with van der Waals surface area (Å²) in [6.07, 6.45) is 5.75. The van der Waals surface area contributed by atoms with Crippen LogP contribution in [0.15, 0.2) is 11.4 Å². The molecule has 7 nitrogen and oxygen atoms in total. The second kappa shape index (κ2) is 11.2. The van der Waals surface area contributed by atoms with Gasteiger partial charge in [0.05, 0.1) is 18.1 Å². The molecule has 0 aliphatic heterocycles. The molecule has 0 radical (unpaired) electrons. The van der Waals surface area contributed by atoms with E-state index in [4.69, 9.17) is 0 Å². The molecule has 8 heteroatoms. The lowest BCUT2D eigenvalue weighted by Crippen LogP contribution is -2.33. The number of hydrogen-bond acceptors (Lipinski definition) is 6. The summed E-state index contributed by atoms with van der Waals surface area (Å²) < 4.78 is 1.86. The van der Waals surface area contributed by atoms with Gasteiger partial charge >= 0.3 is 0 Å². The van der Waals surface area contributed by atoms with Crippen molar-refractivity contribution in [2.45, 2.75) is 78.0 Å². The zero-order valence-electron chi connectivity index (χ0n) is 17.8. The maximum Gasteiger partial charge on any atom is 0.223 e. The van der Waals surface area contributed by atoms with Crippen molar-refractivity contribution < 1.29 is 4.79 Å². The van der Waals surface area contributed by atoms with Gasteiger partial charge in [-0.2, -0.15) is 5.10 Å². The summed E-state index contributed by atoms with van der Waals surface area (Å²) >= 11 is 1.61. The molecule has 28 heavy (non-hydrogen) atoms. The van der Waals surface area contributed by atoms with E-state index in [1.54, 1.807) is 18.0 Å². The molecule has 0 unspecified atom stereocenters. The Labute approximate surface area is 172 Å². The van der Waals surface area contributed by atoms with E-state index in [-0.39, 0.29) is 17.9 Å². The maximum atomic E-state index is 12.5. The first-order chi connectivity index (χ1) is 13.5. The van der Waals surface area contributed by atoms with Gasteiger partial charge in [0.25, 0.3) is 0 Å². The Hall–Kier alpha value is -1.83. The van der Waals surface area contributed by atoms with Crippen molar-refractivity contribution in [3.05, 3.63) is 6.20 Å². The Kier molecular flexibility index (Phi) is 9.02. The molecule has 0 fully saturated rings. The monoisotopic (exact) mass is 406 g/mol. The number of amides is 1. The topological polar surface area (TPSA) is 84.7 Å². The van der Waals surface area contributed by atoms with Crippen LogP contribution in [0.5, 0.6) is 0 Å². The van der Waals surface area contributed by atoms with E-state index in [1.165, 1.54) is 0 Å². The Bertz CT molecular complexity index is 754. The first kappa shape index (κ1) is 22.5. The smallest absolute Gasteiger partial charge is 0.223 e.